The van der Waals surface area contributed by atoms with E-state index in [1.807, 2.05) is 49.5 Å². The fraction of sp³-hybridized carbons (Fsp3) is 0.250. The zero-order valence-electron chi connectivity index (χ0n) is 15.0. The van der Waals surface area contributed by atoms with Gasteiger partial charge in [-0.1, -0.05) is 30.4 Å². The highest BCUT2D eigenvalue weighted by atomic mass is 32.1. The second kappa shape index (κ2) is 7.75. The van der Waals surface area contributed by atoms with Crippen LogP contribution in [0.3, 0.4) is 0 Å². The third kappa shape index (κ3) is 4.43. The Kier molecular flexibility index (Phi) is 5.02. The number of benzene rings is 1. The van der Waals surface area contributed by atoms with Crippen molar-refractivity contribution in [2.45, 2.75) is 12.8 Å². The highest BCUT2D eigenvalue weighted by Crippen LogP contribution is 2.29. The second-order valence-electron chi connectivity index (χ2n) is 6.68. The number of aromatic nitrogens is 4. The number of para-hydroxylation sites is 1. The predicted molar refractivity (Wildman–Crippen MR) is 110 cm³/mol. The monoisotopic (exact) mass is 376 g/mol. The zero-order valence-corrected chi connectivity index (χ0v) is 15.9. The van der Waals surface area contributed by atoms with Crippen molar-refractivity contribution in [3.8, 4) is 11.4 Å². The van der Waals surface area contributed by atoms with Gasteiger partial charge in [0.2, 0.25) is 5.95 Å². The summed E-state index contributed by atoms with van der Waals surface area (Å²) < 4.78 is 0. The van der Waals surface area contributed by atoms with E-state index < -0.39 is 0 Å². The van der Waals surface area contributed by atoms with Crippen molar-refractivity contribution in [2.24, 2.45) is 5.92 Å². The van der Waals surface area contributed by atoms with Crippen molar-refractivity contribution in [3.63, 3.8) is 0 Å². The normalized spacial score (nSPS) is 13.2. The molecule has 0 aliphatic heterocycles. The molecule has 0 atom stereocenters. The van der Waals surface area contributed by atoms with Crippen LogP contribution in [-0.2, 0) is 0 Å². The van der Waals surface area contributed by atoms with Crippen LogP contribution < -0.4 is 5.32 Å². The van der Waals surface area contributed by atoms with Crippen molar-refractivity contribution in [2.75, 3.05) is 18.9 Å². The Balaban J connectivity index is 1.54. The maximum absolute atomic E-state index is 5.61. The lowest BCUT2D eigenvalue weighted by Crippen LogP contribution is -2.28. The minimum Gasteiger partial charge on any atom is -0.364 e. The molecule has 0 saturated heterocycles. The summed E-state index contributed by atoms with van der Waals surface area (Å²) in [5, 5.41) is 3.19. The molecule has 1 aliphatic carbocycles. The molecular formula is C20H20N6S. The van der Waals surface area contributed by atoms with E-state index in [4.69, 9.17) is 12.2 Å². The van der Waals surface area contributed by atoms with E-state index in [-0.39, 0.29) is 0 Å². The molecule has 0 unspecified atom stereocenters. The Morgan fingerprint density at radius 3 is 2.74 bits per heavy atom. The topological polar surface area (TPSA) is 66.8 Å². The summed E-state index contributed by atoms with van der Waals surface area (Å²) >= 11 is 5.61. The Labute approximate surface area is 163 Å². The Morgan fingerprint density at radius 1 is 1.15 bits per heavy atom. The van der Waals surface area contributed by atoms with Crippen LogP contribution >= 0.6 is 12.2 Å². The van der Waals surface area contributed by atoms with Gasteiger partial charge in [0.25, 0.3) is 0 Å². The van der Waals surface area contributed by atoms with Crippen LogP contribution in [0.5, 0.6) is 0 Å². The number of nitrogens with one attached hydrogen (secondary N) is 1. The quantitative estimate of drug-likeness (QED) is 0.658. The highest BCUT2D eigenvalue weighted by molar-refractivity contribution is 7.80. The first-order chi connectivity index (χ1) is 13.2. The van der Waals surface area contributed by atoms with E-state index in [0.717, 1.165) is 34.4 Å². The van der Waals surface area contributed by atoms with Gasteiger partial charge in [-0.2, -0.15) is 4.98 Å². The van der Waals surface area contributed by atoms with Crippen LogP contribution in [0.15, 0.2) is 55.0 Å². The van der Waals surface area contributed by atoms with Gasteiger partial charge in [0.15, 0.2) is 5.82 Å². The lowest BCUT2D eigenvalue weighted by atomic mass is 10.2. The van der Waals surface area contributed by atoms with E-state index in [0.29, 0.717) is 11.8 Å². The summed E-state index contributed by atoms with van der Waals surface area (Å²) in [6.07, 6.45) is 5.84. The molecule has 136 valence electrons. The average Bonchev–Trinajstić information content (AvgIpc) is 3.52. The van der Waals surface area contributed by atoms with Gasteiger partial charge in [-0.25, -0.2) is 9.97 Å². The molecule has 2 heterocycles. The number of hydrogen-bond donors (Lipinski definition) is 1. The number of anilines is 2. The molecule has 1 N–H and O–H groups in total. The zero-order chi connectivity index (χ0) is 18.6. The third-order valence-electron chi connectivity index (χ3n) is 4.41. The highest BCUT2D eigenvalue weighted by Gasteiger charge is 2.24. The van der Waals surface area contributed by atoms with E-state index in [1.165, 1.54) is 19.2 Å². The van der Waals surface area contributed by atoms with Gasteiger partial charge in [0.05, 0.1) is 5.69 Å². The average molecular weight is 376 g/mol. The summed E-state index contributed by atoms with van der Waals surface area (Å²) in [7, 11) is 2.03. The largest absolute Gasteiger partial charge is 0.364 e. The van der Waals surface area contributed by atoms with Crippen molar-refractivity contribution in [3.05, 3.63) is 60.7 Å². The van der Waals surface area contributed by atoms with Gasteiger partial charge >= 0.3 is 0 Å². The van der Waals surface area contributed by atoms with Crippen molar-refractivity contribution in [1.82, 2.24) is 24.8 Å². The van der Waals surface area contributed by atoms with Gasteiger partial charge in [-0.15, -0.1) is 0 Å². The molecule has 0 spiro atoms. The molecule has 2 aromatic heterocycles. The minimum absolute atomic E-state index is 0.498. The number of hydrogen-bond acceptors (Lipinski definition) is 6. The summed E-state index contributed by atoms with van der Waals surface area (Å²) in [4.78, 5) is 20.3. The molecule has 1 fully saturated rings. The smallest absolute Gasteiger partial charge is 0.230 e. The number of thiocarbonyl (C=S) groups is 1. The Bertz CT molecular complexity index is 942. The maximum atomic E-state index is 5.61. The first-order valence-corrected chi connectivity index (χ1v) is 9.33. The Hall–Kier alpha value is -2.93. The van der Waals surface area contributed by atoms with Crippen LogP contribution in [0.4, 0.5) is 11.6 Å². The molecule has 27 heavy (non-hydrogen) atoms. The minimum atomic E-state index is 0.498. The van der Waals surface area contributed by atoms with Gasteiger partial charge in [0, 0.05) is 31.0 Å². The van der Waals surface area contributed by atoms with E-state index >= 15 is 0 Å². The standard InChI is InChI=1S/C20H20N6S/c1-26(12-14-7-8-14)19(27)17-11-15(9-10-21-17)18-22-13-23-20(25-18)24-16-5-3-2-4-6-16/h2-6,9-11,13-14H,7-8,12H2,1H3,(H,22,23,24,25). The lowest BCUT2D eigenvalue weighted by Gasteiger charge is -2.19. The second-order valence-corrected chi connectivity index (χ2v) is 7.07. The van der Waals surface area contributed by atoms with Gasteiger partial charge in [0.1, 0.15) is 11.3 Å². The molecule has 6 nitrogen and oxygen atoms in total. The van der Waals surface area contributed by atoms with Crippen LogP contribution in [0.25, 0.3) is 11.4 Å². The third-order valence-corrected chi connectivity index (χ3v) is 4.94. The maximum Gasteiger partial charge on any atom is 0.230 e. The lowest BCUT2D eigenvalue weighted by molar-refractivity contribution is 0.482. The van der Waals surface area contributed by atoms with Crippen molar-refractivity contribution in [1.29, 1.82) is 0 Å². The van der Waals surface area contributed by atoms with Crippen LogP contribution in [0.2, 0.25) is 0 Å². The van der Waals surface area contributed by atoms with Crippen LogP contribution in [0.1, 0.15) is 18.5 Å². The molecule has 3 aromatic rings. The predicted octanol–water partition coefficient (Wildman–Crippen LogP) is 3.69. The van der Waals surface area contributed by atoms with Crippen molar-refractivity contribution >= 4 is 28.8 Å². The molecule has 4 rings (SSSR count). The summed E-state index contributed by atoms with van der Waals surface area (Å²) in [6.45, 7) is 0.988. The number of nitrogens with zero attached hydrogens (tertiary/aromatic N) is 5. The molecular weight excluding hydrogens is 356 g/mol. The molecule has 0 bridgehead atoms. The van der Waals surface area contributed by atoms with E-state index in [1.54, 1.807) is 6.20 Å². The SMILES string of the molecule is CN(CC1CC1)C(=S)c1cc(-c2ncnc(Nc3ccccc3)n2)ccn1. The summed E-state index contributed by atoms with van der Waals surface area (Å²) in [5.41, 5.74) is 2.55. The first kappa shape index (κ1) is 17.5. The molecule has 1 aliphatic rings. The van der Waals surface area contributed by atoms with Crippen molar-refractivity contribution < 1.29 is 0 Å². The first-order valence-electron chi connectivity index (χ1n) is 8.92. The molecule has 0 amide bonds. The molecule has 1 aromatic carbocycles. The Morgan fingerprint density at radius 2 is 1.96 bits per heavy atom. The summed E-state index contributed by atoms with van der Waals surface area (Å²) in [5.74, 6) is 1.85. The fourth-order valence-corrected chi connectivity index (χ4v) is 2.99. The molecule has 7 heteroatoms. The van der Waals surface area contributed by atoms with Crippen LogP contribution in [-0.4, -0.2) is 43.4 Å². The number of pyridine rings is 1. The number of rotatable bonds is 6. The molecule has 1 saturated carbocycles. The van der Waals surface area contributed by atoms with Gasteiger partial charge < -0.3 is 10.2 Å². The van der Waals surface area contributed by atoms with Gasteiger partial charge in [-0.3, -0.25) is 4.98 Å². The summed E-state index contributed by atoms with van der Waals surface area (Å²) in [6, 6.07) is 13.6. The molecule has 0 radical (unpaired) electrons. The van der Waals surface area contributed by atoms with Crippen LogP contribution in [0, 0.1) is 5.92 Å². The fourth-order valence-electron chi connectivity index (χ4n) is 2.80. The van der Waals surface area contributed by atoms with E-state index in [9.17, 15) is 0 Å². The van der Waals surface area contributed by atoms with E-state index in [2.05, 4.69) is 30.2 Å². The van der Waals surface area contributed by atoms with Gasteiger partial charge in [-0.05, 0) is 43.0 Å².